The number of rotatable bonds is 3. The van der Waals surface area contributed by atoms with Gasteiger partial charge < -0.3 is 9.84 Å². The average molecular weight is 210 g/mol. The van der Waals surface area contributed by atoms with Gasteiger partial charge in [0.15, 0.2) is 0 Å². The smallest absolute Gasteiger partial charge is 0.279 e. The van der Waals surface area contributed by atoms with Crippen molar-refractivity contribution < 1.29 is 18.3 Å². The van der Waals surface area contributed by atoms with E-state index in [1.165, 1.54) is 11.4 Å². The Kier molecular flexibility index (Phi) is 3.63. The molecule has 1 aliphatic rings. The summed E-state index contributed by atoms with van der Waals surface area (Å²) in [6.45, 7) is 0.710. The van der Waals surface area contributed by atoms with E-state index in [9.17, 15) is 8.42 Å². The highest BCUT2D eigenvalue weighted by molar-refractivity contribution is 7.87. The van der Waals surface area contributed by atoms with Crippen LogP contribution in [-0.2, 0) is 14.9 Å². The zero-order chi connectivity index (χ0) is 9.90. The van der Waals surface area contributed by atoms with E-state index in [0.717, 1.165) is 0 Å². The maximum Gasteiger partial charge on any atom is 0.279 e. The van der Waals surface area contributed by atoms with Crippen molar-refractivity contribution in [1.82, 2.24) is 9.03 Å². The number of aliphatic hydroxyl groups is 1. The SMILES string of the molecule is CNS(=O)(=O)N1CCOC(CO)C1. The van der Waals surface area contributed by atoms with E-state index in [4.69, 9.17) is 9.84 Å². The van der Waals surface area contributed by atoms with Gasteiger partial charge in [-0.3, -0.25) is 0 Å². The van der Waals surface area contributed by atoms with Crippen LogP contribution in [0.25, 0.3) is 0 Å². The highest BCUT2D eigenvalue weighted by Gasteiger charge is 2.27. The monoisotopic (exact) mass is 210 g/mol. The minimum Gasteiger partial charge on any atom is -0.394 e. The first kappa shape index (κ1) is 10.9. The molecule has 13 heavy (non-hydrogen) atoms. The molecule has 0 amide bonds. The molecule has 0 spiro atoms. The summed E-state index contributed by atoms with van der Waals surface area (Å²) in [4.78, 5) is 0. The lowest BCUT2D eigenvalue weighted by molar-refractivity contribution is -0.0306. The summed E-state index contributed by atoms with van der Waals surface area (Å²) in [5.74, 6) is 0. The molecule has 1 fully saturated rings. The summed E-state index contributed by atoms with van der Waals surface area (Å²) in [5.41, 5.74) is 0. The standard InChI is InChI=1S/C6H14N2O4S/c1-7-13(10,11)8-2-3-12-6(4-8)5-9/h6-7,9H,2-5H2,1H3. The van der Waals surface area contributed by atoms with Crippen LogP contribution < -0.4 is 4.72 Å². The molecular formula is C6H14N2O4S. The molecule has 1 rings (SSSR count). The number of morpholine rings is 1. The maximum atomic E-state index is 11.3. The fourth-order valence-electron chi connectivity index (χ4n) is 1.15. The lowest BCUT2D eigenvalue weighted by Gasteiger charge is -2.30. The second-order valence-corrected chi connectivity index (χ2v) is 4.62. The molecule has 0 radical (unpaired) electrons. The van der Waals surface area contributed by atoms with E-state index < -0.39 is 16.3 Å². The van der Waals surface area contributed by atoms with Crippen LogP contribution in [0.5, 0.6) is 0 Å². The second kappa shape index (κ2) is 4.34. The van der Waals surface area contributed by atoms with Gasteiger partial charge in [0.05, 0.1) is 19.3 Å². The number of hydrogen-bond donors (Lipinski definition) is 2. The molecule has 0 saturated carbocycles. The van der Waals surface area contributed by atoms with Crippen molar-refractivity contribution in [2.45, 2.75) is 6.10 Å². The lowest BCUT2D eigenvalue weighted by atomic mass is 10.3. The topological polar surface area (TPSA) is 78.9 Å². The Labute approximate surface area is 77.7 Å². The maximum absolute atomic E-state index is 11.3. The van der Waals surface area contributed by atoms with Crippen LogP contribution in [0.3, 0.4) is 0 Å². The Morgan fingerprint density at radius 2 is 2.38 bits per heavy atom. The Balaban J connectivity index is 2.61. The molecule has 0 aliphatic carbocycles. The highest BCUT2D eigenvalue weighted by atomic mass is 32.2. The first-order valence-corrected chi connectivity index (χ1v) is 5.45. The Hall–Kier alpha value is -0.210. The van der Waals surface area contributed by atoms with Gasteiger partial charge in [-0.25, -0.2) is 4.72 Å². The Morgan fingerprint density at radius 1 is 1.69 bits per heavy atom. The highest BCUT2D eigenvalue weighted by Crippen LogP contribution is 2.07. The molecule has 1 atom stereocenters. The molecule has 1 unspecified atom stereocenters. The number of hydrogen-bond acceptors (Lipinski definition) is 4. The zero-order valence-corrected chi connectivity index (χ0v) is 8.25. The van der Waals surface area contributed by atoms with Crippen LogP contribution >= 0.6 is 0 Å². The Bertz CT molecular complexity index is 253. The molecule has 0 bridgehead atoms. The van der Waals surface area contributed by atoms with Crippen molar-refractivity contribution >= 4 is 10.2 Å². The second-order valence-electron chi connectivity index (χ2n) is 2.74. The minimum absolute atomic E-state index is 0.157. The molecule has 1 heterocycles. The molecule has 7 heteroatoms. The van der Waals surface area contributed by atoms with Gasteiger partial charge in [-0.05, 0) is 0 Å². The molecule has 1 aliphatic heterocycles. The predicted octanol–water partition coefficient (Wildman–Crippen LogP) is -1.86. The van der Waals surface area contributed by atoms with Crippen molar-refractivity contribution in [2.24, 2.45) is 0 Å². The van der Waals surface area contributed by atoms with E-state index in [1.807, 2.05) is 0 Å². The van der Waals surface area contributed by atoms with E-state index in [1.54, 1.807) is 0 Å². The molecule has 0 aromatic carbocycles. The normalized spacial score (nSPS) is 26.2. The van der Waals surface area contributed by atoms with Crippen LogP contribution in [0.4, 0.5) is 0 Å². The van der Waals surface area contributed by atoms with Crippen LogP contribution in [0.1, 0.15) is 0 Å². The zero-order valence-electron chi connectivity index (χ0n) is 7.43. The fourth-order valence-corrected chi connectivity index (χ4v) is 2.09. The molecule has 0 aromatic heterocycles. The largest absolute Gasteiger partial charge is 0.394 e. The first-order valence-electron chi connectivity index (χ1n) is 4.01. The van der Waals surface area contributed by atoms with Crippen molar-refractivity contribution in [3.63, 3.8) is 0 Å². The third kappa shape index (κ3) is 2.61. The van der Waals surface area contributed by atoms with E-state index in [2.05, 4.69) is 4.72 Å². The number of aliphatic hydroxyl groups excluding tert-OH is 1. The van der Waals surface area contributed by atoms with Gasteiger partial charge in [-0.2, -0.15) is 12.7 Å². The summed E-state index contributed by atoms with van der Waals surface area (Å²) in [7, 11) is -2.01. The third-order valence-corrected chi connectivity index (χ3v) is 3.43. The Morgan fingerprint density at radius 3 is 2.92 bits per heavy atom. The van der Waals surface area contributed by atoms with Crippen LogP contribution in [0.2, 0.25) is 0 Å². The van der Waals surface area contributed by atoms with Crippen molar-refractivity contribution in [3.8, 4) is 0 Å². The fraction of sp³-hybridized carbons (Fsp3) is 1.00. The van der Waals surface area contributed by atoms with E-state index in [0.29, 0.717) is 13.2 Å². The summed E-state index contributed by atoms with van der Waals surface area (Å²) in [6.07, 6.45) is -0.406. The summed E-state index contributed by atoms with van der Waals surface area (Å²) >= 11 is 0. The lowest BCUT2D eigenvalue weighted by Crippen LogP contribution is -2.50. The molecule has 1 saturated heterocycles. The van der Waals surface area contributed by atoms with Gasteiger partial charge in [0.1, 0.15) is 0 Å². The average Bonchev–Trinajstić information content (AvgIpc) is 2.18. The molecule has 0 aromatic rings. The van der Waals surface area contributed by atoms with Crippen molar-refractivity contribution in [1.29, 1.82) is 0 Å². The van der Waals surface area contributed by atoms with Gasteiger partial charge in [0.2, 0.25) is 0 Å². The van der Waals surface area contributed by atoms with Gasteiger partial charge in [0.25, 0.3) is 10.2 Å². The molecule has 78 valence electrons. The molecule has 2 N–H and O–H groups in total. The van der Waals surface area contributed by atoms with Crippen molar-refractivity contribution in [2.75, 3.05) is 33.4 Å². The van der Waals surface area contributed by atoms with Gasteiger partial charge in [-0.15, -0.1) is 0 Å². The number of nitrogens with one attached hydrogen (secondary N) is 1. The van der Waals surface area contributed by atoms with Gasteiger partial charge in [0, 0.05) is 20.1 Å². The van der Waals surface area contributed by atoms with Gasteiger partial charge in [-0.1, -0.05) is 0 Å². The van der Waals surface area contributed by atoms with Gasteiger partial charge >= 0.3 is 0 Å². The van der Waals surface area contributed by atoms with E-state index in [-0.39, 0.29) is 13.2 Å². The number of ether oxygens (including phenoxy) is 1. The summed E-state index contributed by atoms with van der Waals surface area (Å²) in [5, 5.41) is 8.78. The summed E-state index contributed by atoms with van der Waals surface area (Å²) < 4.78 is 31.2. The van der Waals surface area contributed by atoms with Crippen LogP contribution in [0, 0.1) is 0 Å². The molecule has 6 nitrogen and oxygen atoms in total. The molecular weight excluding hydrogens is 196 g/mol. The predicted molar refractivity (Wildman–Crippen MR) is 46.4 cm³/mol. The minimum atomic E-state index is -3.37. The van der Waals surface area contributed by atoms with Crippen LogP contribution in [-0.4, -0.2) is 57.3 Å². The number of nitrogens with zero attached hydrogens (tertiary/aromatic N) is 1. The van der Waals surface area contributed by atoms with Crippen molar-refractivity contribution in [3.05, 3.63) is 0 Å². The summed E-state index contributed by atoms with van der Waals surface area (Å²) in [6, 6.07) is 0. The van der Waals surface area contributed by atoms with Crippen LogP contribution in [0.15, 0.2) is 0 Å². The first-order chi connectivity index (χ1) is 6.10. The quantitative estimate of drug-likeness (QED) is 0.573. The third-order valence-electron chi connectivity index (χ3n) is 1.90. The van der Waals surface area contributed by atoms with E-state index >= 15 is 0 Å².